The molecular weight excluding hydrogens is 226 g/mol. The van der Waals surface area contributed by atoms with E-state index in [-0.39, 0.29) is 0 Å². The molecule has 1 atom stereocenters. The van der Waals surface area contributed by atoms with E-state index in [1.54, 1.807) is 0 Å². The fraction of sp³-hybridized carbons (Fsp3) is 0.786. The summed E-state index contributed by atoms with van der Waals surface area (Å²) in [6.45, 7) is 8.37. The molecule has 0 spiro atoms. The summed E-state index contributed by atoms with van der Waals surface area (Å²) in [6.07, 6.45) is 7.90. The van der Waals surface area contributed by atoms with Gasteiger partial charge in [0.15, 0.2) is 0 Å². The molecule has 1 aliphatic rings. The summed E-state index contributed by atoms with van der Waals surface area (Å²) < 4.78 is 7.90. The third kappa shape index (κ3) is 4.10. The van der Waals surface area contributed by atoms with E-state index < -0.39 is 0 Å². The van der Waals surface area contributed by atoms with Crippen molar-refractivity contribution in [3.8, 4) is 0 Å². The molecule has 1 aliphatic heterocycles. The molecule has 1 N–H and O–H groups in total. The van der Waals surface area contributed by atoms with Crippen molar-refractivity contribution >= 4 is 0 Å². The van der Waals surface area contributed by atoms with Crippen molar-refractivity contribution in [1.82, 2.24) is 14.9 Å². The minimum atomic E-state index is 0.462. The SMILES string of the molecule is CC(C)CNCc1cncn1CCC1CCCO1. The highest BCUT2D eigenvalue weighted by Gasteiger charge is 2.15. The summed E-state index contributed by atoms with van der Waals surface area (Å²) in [5.74, 6) is 0.688. The van der Waals surface area contributed by atoms with Crippen LogP contribution >= 0.6 is 0 Å². The van der Waals surface area contributed by atoms with E-state index in [2.05, 4.69) is 28.7 Å². The molecule has 4 nitrogen and oxygen atoms in total. The molecule has 0 bridgehead atoms. The first-order chi connectivity index (χ1) is 8.75. The number of hydrogen-bond acceptors (Lipinski definition) is 3. The van der Waals surface area contributed by atoms with Gasteiger partial charge in [-0.3, -0.25) is 0 Å². The van der Waals surface area contributed by atoms with Gasteiger partial charge in [-0.25, -0.2) is 4.98 Å². The average Bonchev–Trinajstić information content (AvgIpc) is 2.96. The number of ether oxygens (including phenoxy) is 1. The minimum absolute atomic E-state index is 0.462. The number of rotatable bonds is 7. The van der Waals surface area contributed by atoms with Crippen LogP contribution in [0.4, 0.5) is 0 Å². The second-order valence-electron chi connectivity index (χ2n) is 5.53. The second-order valence-corrected chi connectivity index (χ2v) is 5.53. The van der Waals surface area contributed by atoms with Crippen molar-refractivity contribution in [2.24, 2.45) is 5.92 Å². The predicted octanol–water partition coefficient (Wildman–Crippen LogP) is 2.20. The first kappa shape index (κ1) is 13.6. The van der Waals surface area contributed by atoms with Gasteiger partial charge >= 0.3 is 0 Å². The van der Waals surface area contributed by atoms with Crippen LogP contribution in [0.25, 0.3) is 0 Å². The third-order valence-corrected chi connectivity index (χ3v) is 3.37. The van der Waals surface area contributed by atoms with E-state index in [0.717, 1.165) is 32.7 Å². The van der Waals surface area contributed by atoms with Crippen LogP contribution in [0.5, 0.6) is 0 Å². The molecular formula is C14H25N3O. The monoisotopic (exact) mass is 251 g/mol. The summed E-state index contributed by atoms with van der Waals surface area (Å²) in [4.78, 5) is 4.25. The molecule has 1 saturated heterocycles. The van der Waals surface area contributed by atoms with Gasteiger partial charge in [-0.2, -0.15) is 0 Å². The molecule has 0 saturated carbocycles. The topological polar surface area (TPSA) is 39.1 Å². The number of nitrogens with zero attached hydrogens (tertiary/aromatic N) is 2. The Morgan fingerprint density at radius 3 is 3.17 bits per heavy atom. The van der Waals surface area contributed by atoms with E-state index in [1.165, 1.54) is 18.5 Å². The van der Waals surface area contributed by atoms with Gasteiger partial charge in [-0.15, -0.1) is 0 Å². The second kappa shape index (κ2) is 6.90. The summed E-state index contributed by atoms with van der Waals surface area (Å²) in [7, 11) is 0. The largest absolute Gasteiger partial charge is 0.378 e. The van der Waals surface area contributed by atoms with Gasteiger partial charge in [0, 0.05) is 25.9 Å². The molecule has 1 aromatic heterocycles. The third-order valence-electron chi connectivity index (χ3n) is 3.37. The number of aryl methyl sites for hydroxylation is 1. The molecule has 1 fully saturated rings. The fourth-order valence-corrected chi connectivity index (χ4v) is 2.34. The van der Waals surface area contributed by atoms with Gasteiger partial charge < -0.3 is 14.6 Å². The molecule has 18 heavy (non-hydrogen) atoms. The van der Waals surface area contributed by atoms with Gasteiger partial charge in [0.2, 0.25) is 0 Å². The Balaban J connectivity index is 1.75. The molecule has 1 aromatic rings. The fourth-order valence-electron chi connectivity index (χ4n) is 2.34. The number of nitrogens with one attached hydrogen (secondary N) is 1. The Hall–Kier alpha value is -0.870. The van der Waals surface area contributed by atoms with Crippen LogP contribution in [0, 0.1) is 5.92 Å². The summed E-state index contributed by atoms with van der Waals surface area (Å²) in [5, 5.41) is 3.46. The maximum Gasteiger partial charge on any atom is 0.0948 e. The van der Waals surface area contributed by atoms with E-state index in [0.29, 0.717) is 12.0 Å². The van der Waals surface area contributed by atoms with Crippen molar-refractivity contribution in [2.75, 3.05) is 13.2 Å². The molecule has 1 unspecified atom stereocenters. The maximum atomic E-state index is 5.65. The number of imidazole rings is 1. The van der Waals surface area contributed by atoms with E-state index in [9.17, 15) is 0 Å². The Bertz CT molecular complexity index is 343. The molecule has 0 aromatic carbocycles. The predicted molar refractivity (Wildman–Crippen MR) is 72.4 cm³/mol. The summed E-state index contributed by atoms with van der Waals surface area (Å²) in [5.41, 5.74) is 1.27. The Morgan fingerprint density at radius 1 is 1.56 bits per heavy atom. The lowest BCUT2D eigenvalue weighted by Gasteiger charge is -2.13. The van der Waals surface area contributed by atoms with Crippen LogP contribution in [0.2, 0.25) is 0 Å². The lowest BCUT2D eigenvalue weighted by molar-refractivity contribution is 0.100. The zero-order valence-electron chi connectivity index (χ0n) is 11.6. The Morgan fingerprint density at radius 2 is 2.44 bits per heavy atom. The average molecular weight is 251 g/mol. The summed E-state index contributed by atoms with van der Waals surface area (Å²) >= 11 is 0. The standard InChI is InChI=1S/C14H25N3O/c1-12(2)8-15-9-13-10-16-11-17(13)6-5-14-4-3-7-18-14/h10-12,14-15H,3-9H2,1-2H3. The molecule has 4 heteroatoms. The zero-order chi connectivity index (χ0) is 12.8. The van der Waals surface area contributed by atoms with Gasteiger partial charge in [0.05, 0.1) is 18.1 Å². The highest BCUT2D eigenvalue weighted by molar-refractivity contribution is 4.98. The molecule has 0 radical (unpaired) electrons. The zero-order valence-corrected chi connectivity index (χ0v) is 11.6. The van der Waals surface area contributed by atoms with Crippen LogP contribution in [0.1, 0.15) is 38.8 Å². The van der Waals surface area contributed by atoms with Crippen molar-refractivity contribution in [2.45, 2.75) is 52.3 Å². The molecule has 0 aliphatic carbocycles. The van der Waals surface area contributed by atoms with Gasteiger partial charge in [0.25, 0.3) is 0 Å². The van der Waals surface area contributed by atoms with Crippen molar-refractivity contribution in [3.05, 3.63) is 18.2 Å². The van der Waals surface area contributed by atoms with Crippen LogP contribution in [0.15, 0.2) is 12.5 Å². The highest BCUT2D eigenvalue weighted by Crippen LogP contribution is 2.16. The smallest absolute Gasteiger partial charge is 0.0948 e. The summed E-state index contributed by atoms with van der Waals surface area (Å²) in [6, 6.07) is 0. The molecule has 102 valence electrons. The quantitative estimate of drug-likeness (QED) is 0.807. The molecule has 2 rings (SSSR count). The lowest BCUT2D eigenvalue weighted by atomic mass is 10.2. The Labute approximate surface area is 110 Å². The van der Waals surface area contributed by atoms with Crippen LogP contribution in [-0.4, -0.2) is 28.8 Å². The van der Waals surface area contributed by atoms with E-state index in [4.69, 9.17) is 4.74 Å². The number of aromatic nitrogens is 2. The highest BCUT2D eigenvalue weighted by atomic mass is 16.5. The van der Waals surface area contributed by atoms with Crippen LogP contribution in [0.3, 0.4) is 0 Å². The maximum absolute atomic E-state index is 5.65. The van der Waals surface area contributed by atoms with E-state index >= 15 is 0 Å². The van der Waals surface area contributed by atoms with Crippen molar-refractivity contribution in [1.29, 1.82) is 0 Å². The van der Waals surface area contributed by atoms with Gasteiger partial charge in [-0.05, 0) is 31.7 Å². The molecule has 2 heterocycles. The van der Waals surface area contributed by atoms with Crippen LogP contribution in [-0.2, 0) is 17.8 Å². The van der Waals surface area contributed by atoms with Crippen LogP contribution < -0.4 is 5.32 Å². The Kier molecular flexibility index (Phi) is 5.20. The van der Waals surface area contributed by atoms with E-state index in [1.807, 2.05) is 12.5 Å². The van der Waals surface area contributed by atoms with Crippen molar-refractivity contribution < 1.29 is 4.74 Å². The lowest BCUT2D eigenvalue weighted by Crippen LogP contribution is -2.21. The first-order valence-electron chi connectivity index (χ1n) is 7.07. The van der Waals surface area contributed by atoms with Crippen molar-refractivity contribution in [3.63, 3.8) is 0 Å². The van der Waals surface area contributed by atoms with Gasteiger partial charge in [-0.1, -0.05) is 13.8 Å². The normalized spacial score (nSPS) is 19.8. The van der Waals surface area contributed by atoms with Gasteiger partial charge in [0.1, 0.15) is 0 Å². The minimum Gasteiger partial charge on any atom is -0.378 e. The number of hydrogen-bond donors (Lipinski definition) is 1. The first-order valence-corrected chi connectivity index (χ1v) is 7.07. The molecule has 0 amide bonds.